The van der Waals surface area contributed by atoms with Gasteiger partial charge in [0.2, 0.25) is 21.8 Å². The van der Waals surface area contributed by atoms with Crippen LogP contribution in [0.5, 0.6) is 0 Å². The Morgan fingerprint density at radius 1 is 0.926 bits per heavy atom. The molecule has 0 atom stereocenters. The van der Waals surface area contributed by atoms with E-state index in [-0.39, 0.29) is 23.7 Å². The molecule has 2 rings (SSSR count). The van der Waals surface area contributed by atoms with Crippen LogP contribution in [0.2, 0.25) is 0 Å². The smallest absolute Gasteiger partial charge is 0.233 e. The number of hydrogen-bond donors (Lipinski definition) is 3. The van der Waals surface area contributed by atoms with Gasteiger partial charge in [0.15, 0.2) is 11.6 Å². The van der Waals surface area contributed by atoms with Crippen LogP contribution in [-0.4, -0.2) is 26.0 Å². The fourth-order valence-corrected chi connectivity index (χ4v) is 3.16. The highest BCUT2D eigenvalue weighted by molar-refractivity contribution is 7.92. The first-order valence-corrected chi connectivity index (χ1v) is 9.43. The van der Waals surface area contributed by atoms with Crippen LogP contribution in [0.1, 0.15) is 13.3 Å². The van der Waals surface area contributed by atoms with E-state index in [4.69, 9.17) is 0 Å². The number of nitrogens with one attached hydrogen (secondary N) is 3. The van der Waals surface area contributed by atoms with Crippen LogP contribution in [-0.2, 0) is 19.6 Å². The first kappa shape index (κ1) is 20.3. The van der Waals surface area contributed by atoms with Crippen molar-refractivity contribution in [3.8, 4) is 0 Å². The molecule has 0 radical (unpaired) electrons. The molecule has 2 aromatic carbocycles. The van der Waals surface area contributed by atoms with Gasteiger partial charge < -0.3 is 10.6 Å². The fourth-order valence-electron chi connectivity index (χ4n) is 2.12. The van der Waals surface area contributed by atoms with Crippen LogP contribution in [0.25, 0.3) is 0 Å². The lowest BCUT2D eigenvalue weighted by Crippen LogP contribution is -2.22. The second-order valence-electron chi connectivity index (χ2n) is 5.61. The topological polar surface area (TPSA) is 104 Å². The van der Waals surface area contributed by atoms with E-state index in [9.17, 15) is 26.8 Å². The van der Waals surface area contributed by atoms with Crippen molar-refractivity contribution in [1.82, 2.24) is 0 Å². The third-order valence-electron chi connectivity index (χ3n) is 3.26. The second kappa shape index (κ2) is 8.58. The number of benzene rings is 2. The Bertz CT molecular complexity index is 964. The molecule has 0 fully saturated rings. The van der Waals surface area contributed by atoms with E-state index >= 15 is 0 Å². The first-order valence-electron chi connectivity index (χ1n) is 7.78. The maximum absolute atomic E-state index is 13.1. The molecule has 0 aliphatic heterocycles. The molecule has 0 aromatic heterocycles. The molecule has 0 aliphatic carbocycles. The predicted molar refractivity (Wildman–Crippen MR) is 97.8 cm³/mol. The van der Waals surface area contributed by atoms with Gasteiger partial charge in [-0.3, -0.25) is 14.3 Å². The van der Waals surface area contributed by atoms with Crippen molar-refractivity contribution >= 4 is 38.9 Å². The van der Waals surface area contributed by atoms with Crippen LogP contribution < -0.4 is 15.4 Å². The Labute approximate surface area is 154 Å². The Hall–Kier alpha value is -3.01. The van der Waals surface area contributed by atoms with E-state index in [1.54, 1.807) is 12.1 Å². The van der Waals surface area contributed by atoms with E-state index in [1.165, 1.54) is 19.1 Å². The van der Waals surface area contributed by atoms with E-state index < -0.39 is 33.3 Å². The SMILES string of the molecule is CC(=O)Nc1cccc(NS(=O)(=O)CCC(=O)Nc2ccc(F)c(F)c2)c1. The summed E-state index contributed by atoms with van der Waals surface area (Å²) in [5.74, 6) is -3.67. The fraction of sp³-hybridized carbons (Fsp3) is 0.176. The third kappa shape index (κ3) is 6.66. The number of amides is 2. The highest BCUT2D eigenvalue weighted by Gasteiger charge is 2.14. The Kier molecular flexibility index (Phi) is 6.45. The summed E-state index contributed by atoms with van der Waals surface area (Å²) in [5, 5.41) is 4.81. The van der Waals surface area contributed by atoms with Crippen LogP contribution in [0.4, 0.5) is 25.8 Å². The van der Waals surface area contributed by atoms with E-state index in [1.807, 2.05) is 0 Å². The number of carbonyl (C=O) groups is 2. The standard InChI is InChI=1S/C17H17F2N3O4S/c1-11(23)20-12-3-2-4-14(9-12)22-27(25,26)8-7-17(24)21-13-5-6-15(18)16(19)10-13/h2-6,9-10,22H,7-8H2,1H3,(H,20,23)(H,21,24). The molecule has 2 amide bonds. The summed E-state index contributed by atoms with van der Waals surface area (Å²) >= 11 is 0. The molecule has 10 heteroatoms. The van der Waals surface area contributed by atoms with Crippen molar-refractivity contribution in [1.29, 1.82) is 0 Å². The minimum atomic E-state index is -3.84. The number of carbonyl (C=O) groups excluding carboxylic acids is 2. The molecule has 7 nitrogen and oxygen atoms in total. The second-order valence-corrected chi connectivity index (χ2v) is 7.45. The number of halogens is 2. The van der Waals surface area contributed by atoms with E-state index in [0.717, 1.165) is 18.2 Å². The lowest BCUT2D eigenvalue weighted by atomic mass is 10.3. The number of sulfonamides is 1. The van der Waals surface area contributed by atoms with Gasteiger partial charge in [-0.2, -0.15) is 0 Å². The average molecular weight is 397 g/mol. The van der Waals surface area contributed by atoms with Crippen LogP contribution in [0.15, 0.2) is 42.5 Å². The average Bonchev–Trinajstić information content (AvgIpc) is 2.56. The molecule has 0 saturated carbocycles. The molecule has 0 aliphatic rings. The van der Waals surface area contributed by atoms with Gasteiger partial charge in [0, 0.05) is 30.8 Å². The van der Waals surface area contributed by atoms with Gasteiger partial charge in [-0.05, 0) is 30.3 Å². The predicted octanol–water partition coefficient (Wildman–Crippen LogP) is 2.69. The van der Waals surface area contributed by atoms with E-state index in [0.29, 0.717) is 5.69 Å². The van der Waals surface area contributed by atoms with Gasteiger partial charge in [-0.25, -0.2) is 17.2 Å². The quantitative estimate of drug-likeness (QED) is 0.668. The van der Waals surface area contributed by atoms with Gasteiger partial charge in [-0.1, -0.05) is 6.07 Å². The van der Waals surface area contributed by atoms with Crippen LogP contribution >= 0.6 is 0 Å². The maximum Gasteiger partial charge on any atom is 0.233 e. The van der Waals surface area contributed by atoms with Crippen LogP contribution in [0, 0.1) is 11.6 Å². The summed E-state index contributed by atoms with van der Waals surface area (Å²) in [6.45, 7) is 1.32. The van der Waals surface area contributed by atoms with Crippen molar-refractivity contribution < 1.29 is 26.8 Å². The van der Waals surface area contributed by atoms with Gasteiger partial charge in [-0.15, -0.1) is 0 Å². The molecule has 0 saturated heterocycles. The molecule has 0 unspecified atom stereocenters. The summed E-state index contributed by atoms with van der Waals surface area (Å²) in [7, 11) is -3.84. The first-order chi connectivity index (χ1) is 12.6. The van der Waals surface area contributed by atoms with Gasteiger partial charge in [0.05, 0.1) is 11.4 Å². The summed E-state index contributed by atoms with van der Waals surface area (Å²) < 4.78 is 52.4. The van der Waals surface area contributed by atoms with Gasteiger partial charge in [0.1, 0.15) is 0 Å². The van der Waals surface area contributed by atoms with Crippen molar-refractivity contribution in [2.45, 2.75) is 13.3 Å². The molecular formula is C17H17F2N3O4S. The summed E-state index contributed by atoms with van der Waals surface area (Å²) in [5.41, 5.74) is 0.660. The van der Waals surface area contributed by atoms with E-state index in [2.05, 4.69) is 15.4 Å². The van der Waals surface area contributed by atoms with Crippen molar-refractivity contribution in [2.24, 2.45) is 0 Å². The van der Waals surface area contributed by atoms with Gasteiger partial charge >= 0.3 is 0 Å². The Morgan fingerprint density at radius 3 is 2.26 bits per heavy atom. The monoisotopic (exact) mass is 397 g/mol. The normalized spacial score (nSPS) is 10.9. The molecule has 0 spiro atoms. The number of anilines is 3. The molecule has 27 heavy (non-hydrogen) atoms. The van der Waals surface area contributed by atoms with Crippen LogP contribution in [0.3, 0.4) is 0 Å². The van der Waals surface area contributed by atoms with Crippen molar-refractivity contribution in [3.05, 3.63) is 54.1 Å². The number of rotatable bonds is 7. The van der Waals surface area contributed by atoms with Gasteiger partial charge in [0.25, 0.3) is 0 Å². The zero-order chi connectivity index (χ0) is 20.0. The highest BCUT2D eigenvalue weighted by atomic mass is 32.2. The van der Waals surface area contributed by atoms with Crippen molar-refractivity contribution in [2.75, 3.05) is 21.1 Å². The van der Waals surface area contributed by atoms with Crippen molar-refractivity contribution in [3.63, 3.8) is 0 Å². The third-order valence-corrected chi connectivity index (χ3v) is 4.55. The summed E-state index contributed by atoms with van der Waals surface area (Å²) in [6.07, 6.45) is -0.389. The summed E-state index contributed by atoms with van der Waals surface area (Å²) in [6, 6.07) is 8.88. The Balaban J connectivity index is 1.93. The lowest BCUT2D eigenvalue weighted by Gasteiger charge is -2.10. The Morgan fingerprint density at radius 2 is 1.59 bits per heavy atom. The highest BCUT2D eigenvalue weighted by Crippen LogP contribution is 2.17. The molecule has 0 bridgehead atoms. The minimum absolute atomic E-state index is 0.0206. The molecular weight excluding hydrogens is 380 g/mol. The molecule has 3 N–H and O–H groups in total. The zero-order valence-electron chi connectivity index (χ0n) is 14.3. The maximum atomic E-state index is 13.1. The molecule has 0 heterocycles. The molecule has 2 aromatic rings. The number of hydrogen-bond acceptors (Lipinski definition) is 4. The molecule has 144 valence electrons. The minimum Gasteiger partial charge on any atom is -0.326 e. The largest absolute Gasteiger partial charge is 0.326 e. The zero-order valence-corrected chi connectivity index (χ0v) is 15.1. The summed E-state index contributed by atoms with van der Waals surface area (Å²) in [4.78, 5) is 22.9. The lowest BCUT2D eigenvalue weighted by molar-refractivity contribution is -0.116.